The van der Waals surface area contributed by atoms with Gasteiger partial charge < -0.3 is 10.7 Å². The van der Waals surface area contributed by atoms with E-state index in [0.29, 0.717) is 29.3 Å². The first-order chi connectivity index (χ1) is 7.97. The van der Waals surface area contributed by atoms with Gasteiger partial charge in [0.05, 0.1) is 0 Å². The van der Waals surface area contributed by atoms with Gasteiger partial charge in [-0.1, -0.05) is 26.0 Å². The third kappa shape index (κ3) is 2.20. The average Bonchev–Trinajstić information content (AvgIpc) is 2.60. The Hall–Kier alpha value is -2.11. The lowest BCUT2D eigenvalue weighted by Gasteiger charge is -2.06. The lowest BCUT2D eigenvalue weighted by Crippen LogP contribution is -2.10. The topological polar surface area (TPSA) is 100 Å². The van der Waals surface area contributed by atoms with Gasteiger partial charge in [0.2, 0.25) is 5.95 Å². The maximum Gasteiger partial charge on any atom is 0.278 e. The number of hydrogen-bond donors (Lipinski definition) is 3. The number of aromatic amines is 2. The van der Waals surface area contributed by atoms with E-state index in [9.17, 15) is 4.79 Å². The predicted octanol–water partition coefficient (Wildman–Crippen LogP) is 0.983. The molecule has 0 saturated heterocycles. The molecule has 6 heteroatoms. The molecule has 90 valence electrons. The van der Waals surface area contributed by atoms with Crippen molar-refractivity contribution in [2.45, 2.75) is 20.3 Å². The lowest BCUT2D eigenvalue weighted by molar-refractivity contribution is 0.734. The zero-order valence-electron chi connectivity index (χ0n) is 9.87. The van der Waals surface area contributed by atoms with E-state index in [4.69, 9.17) is 5.73 Å². The van der Waals surface area contributed by atoms with Crippen LogP contribution in [0.25, 0.3) is 11.2 Å². The maximum atomic E-state index is 11.6. The Morgan fingerprint density at radius 2 is 2.12 bits per heavy atom. The van der Waals surface area contributed by atoms with Gasteiger partial charge in [0.25, 0.3) is 5.56 Å². The quantitative estimate of drug-likeness (QED) is 0.688. The van der Waals surface area contributed by atoms with Crippen molar-refractivity contribution in [2.75, 3.05) is 5.73 Å². The Kier molecular flexibility index (Phi) is 2.71. The number of nitrogens with zero attached hydrogens (tertiary/aromatic N) is 2. The van der Waals surface area contributed by atoms with Crippen LogP contribution in [0.5, 0.6) is 0 Å². The molecule has 0 aliphatic heterocycles. The summed E-state index contributed by atoms with van der Waals surface area (Å²) < 4.78 is 0. The number of nitrogen functional groups attached to an aromatic ring is 1. The zero-order chi connectivity index (χ0) is 12.6. The smallest absolute Gasteiger partial charge is 0.278 e. The van der Waals surface area contributed by atoms with Gasteiger partial charge in [-0.25, -0.2) is 4.98 Å². The van der Waals surface area contributed by atoms with Crippen LogP contribution < -0.4 is 11.3 Å². The number of allylic oxidation sites excluding steroid dienone is 1. The molecule has 2 aromatic heterocycles. The fraction of sp³-hybridized carbons (Fsp3) is 0.364. The van der Waals surface area contributed by atoms with E-state index in [0.717, 1.165) is 5.57 Å². The first kappa shape index (κ1) is 11.4. The predicted molar refractivity (Wildman–Crippen MR) is 66.6 cm³/mol. The van der Waals surface area contributed by atoms with Gasteiger partial charge in [-0.15, -0.1) is 0 Å². The van der Waals surface area contributed by atoms with E-state index in [1.807, 2.05) is 0 Å². The number of anilines is 1. The Balaban J connectivity index is 2.42. The van der Waals surface area contributed by atoms with Gasteiger partial charge in [-0.05, 0) is 5.92 Å². The van der Waals surface area contributed by atoms with Gasteiger partial charge in [0, 0.05) is 6.42 Å². The number of aromatic nitrogens is 4. The Labute approximate surface area is 98.0 Å². The number of hydrogen-bond acceptors (Lipinski definition) is 4. The molecule has 17 heavy (non-hydrogen) atoms. The summed E-state index contributed by atoms with van der Waals surface area (Å²) in [5.41, 5.74) is 6.89. The molecule has 0 unspecified atom stereocenters. The van der Waals surface area contributed by atoms with Crippen LogP contribution in [-0.4, -0.2) is 19.9 Å². The summed E-state index contributed by atoms with van der Waals surface area (Å²) in [6.07, 6.45) is 0.605. The molecule has 0 atom stereocenters. The molecular formula is C11H15N5O. The monoisotopic (exact) mass is 233 g/mol. The normalized spacial score (nSPS) is 11.2. The lowest BCUT2D eigenvalue weighted by atomic mass is 10.0. The van der Waals surface area contributed by atoms with E-state index >= 15 is 0 Å². The molecule has 0 fully saturated rings. The minimum atomic E-state index is -0.304. The van der Waals surface area contributed by atoms with Crippen molar-refractivity contribution in [3.63, 3.8) is 0 Å². The molecule has 4 N–H and O–H groups in total. The van der Waals surface area contributed by atoms with Crippen molar-refractivity contribution in [2.24, 2.45) is 5.92 Å². The van der Waals surface area contributed by atoms with E-state index in [-0.39, 0.29) is 11.5 Å². The standard InChI is InChI=1S/C11H15N5O/c1-5(2)6(3)4-7-13-8-9(14-7)15-11(12)16-10(8)17/h5H,3-4H2,1-2H3,(H4,12,13,14,15,16,17). The van der Waals surface area contributed by atoms with Crippen LogP contribution in [0.4, 0.5) is 5.95 Å². The number of nitrogens with one attached hydrogen (secondary N) is 2. The summed E-state index contributed by atoms with van der Waals surface area (Å²) in [6.45, 7) is 8.10. The molecule has 2 rings (SSSR count). The highest BCUT2D eigenvalue weighted by Crippen LogP contribution is 2.13. The first-order valence-electron chi connectivity index (χ1n) is 5.39. The van der Waals surface area contributed by atoms with Crippen LogP contribution in [0, 0.1) is 5.92 Å². The van der Waals surface area contributed by atoms with Crippen molar-refractivity contribution in [1.29, 1.82) is 0 Å². The molecule has 2 heterocycles. The third-order valence-corrected chi connectivity index (χ3v) is 2.64. The number of imidazole rings is 1. The van der Waals surface area contributed by atoms with E-state index in [1.54, 1.807) is 0 Å². The van der Waals surface area contributed by atoms with Crippen molar-refractivity contribution in [3.8, 4) is 0 Å². The minimum absolute atomic E-state index is 0.0724. The summed E-state index contributed by atoms with van der Waals surface area (Å²) in [6, 6.07) is 0. The van der Waals surface area contributed by atoms with Crippen LogP contribution in [0.2, 0.25) is 0 Å². The van der Waals surface area contributed by atoms with E-state index < -0.39 is 0 Å². The van der Waals surface area contributed by atoms with Gasteiger partial charge in [-0.2, -0.15) is 4.98 Å². The fourth-order valence-corrected chi connectivity index (χ4v) is 1.47. The third-order valence-electron chi connectivity index (χ3n) is 2.64. The number of H-pyrrole nitrogens is 2. The molecule has 0 aliphatic rings. The van der Waals surface area contributed by atoms with Crippen LogP contribution in [0.3, 0.4) is 0 Å². The first-order valence-corrected chi connectivity index (χ1v) is 5.39. The second-order valence-corrected chi connectivity index (χ2v) is 4.32. The highest BCUT2D eigenvalue weighted by Gasteiger charge is 2.10. The van der Waals surface area contributed by atoms with Crippen LogP contribution in [-0.2, 0) is 6.42 Å². The SMILES string of the molecule is C=C(Cc1nc2nc(N)[nH]c(=O)c2[nH]1)C(C)C. The Bertz CT molecular complexity index is 622. The molecular weight excluding hydrogens is 218 g/mol. The van der Waals surface area contributed by atoms with E-state index in [2.05, 4.69) is 40.4 Å². The molecule has 0 saturated carbocycles. The van der Waals surface area contributed by atoms with Gasteiger partial charge in [0.15, 0.2) is 11.2 Å². The maximum absolute atomic E-state index is 11.6. The molecule has 6 nitrogen and oxygen atoms in total. The number of rotatable bonds is 3. The summed E-state index contributed by atoms with van der Waals surface area (Å²) >= 11 is 0. The molecule has 0 amide bonds. The van der Waals surface area contributed by atoms with Crippen molar-refractivity contribution in [1.82, 2.24) is 19.9 Å². The van der Waals surface area contributed by atoms with Crippen molar-refractivity contribution < 1.29 is 0 Å². The van der Waals surface area contributed by atoms with Crippen LogP contribution >= 0.6 is 0 Å². The van der Waals surface area contributed by atoms with Crippen molar-refractivity contribution in [3.05, 3.63) is 28.3 Å². The summed E-state index contributed by atoms with van der Waals surface area (Å²) in [5, 5.41) is 0. The summed E-state index contributed by atoms with van der Waals surface area (Å²) in [5.74, 6) is 1.13. The number of nitrogens with two attached hydrogens (primary N) is 1. The largest absolute Gasteiger partial charge is 0.369 e. The minimum Gasteiger partial charge on any atom is -0.369 e. The average molecular weight is 233 g/mol. The molecule has 0 aromatic carbocycles. The zero-order valence-corrected chi connectivity index (χ0v) is 9.87. The molecule has 0 bridgehead atoms. The van der Waals surface area contributed by atoms with E-state index in [1.165, 1.54) is 0 Å². The highest BCUT2D eigenvalue weighted by atomic mass is 16.1. The fourth-order valence-electron chi connectivity index (χ4n) is 1.47. The van der Waals surface area contributed by atoms with Gasteiger partial charge >= 0.3 is 0 Å². The molecule has 0 spiro atoms. The van der Waals surface area contributed by atoms with Crippen LogP contribution in [0.15, 0.2) is 16.9 Å². The number of fused-ring (bicyclic) bond motifs is 1. The second-order valence-electron chi connectivity index (χ2n) is 4.32. The summed E-state index contributed by atoms with van der Waals surface area (Å²) in [4.78, 5) is 25.1. The molecule has 2 aromatic rings. The highest BCUT2D eigenvalue weighted by molar-refractivity contribution is 5.70. The van der Waals surface area contributed by atoms with Crippen LogP contribution in [0.1, 0.15) is 19.7 Å². The Morgan fingerprint density at radius 1 is 1.41 bits per heavy atom. The summed E-state index contributed by atoms with van der Waals surface area (Å²) in [7, 11) is 0. The van der Waals surface area contributed by atoms with Gasteiger partial charge in [-0.3, -0.25) is 9.78 Å². The molecule has 0 aliphatic carbocycles. The molecule has 0 radical (unpaired) electrons. The Morgan fingerprint density at radius 3 is 2.76 bits per heavy atom. The second kappa shape index (κ2) is 4.04. The van der Waals surface area contributed by atoms with Gasteiger partial charge in [0.1, 0.15) is 5.82 Å². The van der Waals surface area contributed by atoms with Crippen molar-refractivity contribution >= 4 is 17.1 Å².